The first kappa shape index (κ1) is 17.9. The molecule has 0 radical (unpaired) electrons. The number of para-hydroxylation sites is 2. The molecule has 6 nitrogen and oxygen atoms in total. The number of anilines is 1. The monoisotopic (exact) mass is 388 g/mol. The minimum absolute atomic E-state index is 0.0431. The number of aromatic nitrogens is 2. The number of nitrogens with one attached hydrogen (secondary N) is 1. The summed E-state index contributed by atoms with van der Waals surface area (Å²) in [6, 6.07) is 15.6. The van der Waals surface area contributed by atoms with Gasteiger partial charge in [-0.2, -0.15) is 0 Å². The Labute approximate surface area is 169 Å². The number of benzene rings is 2. The van der Waals surface area contributed by atoms with Crippen molar-refractivity contribution in [2.24, 2.45) is 0 Å². The highest BCUT2D eigenvalue weighted by molar-refractivity contribution is 5.99. The van der Waals surface area contributed by atoms with E-state index in [4.69, 9.17) is 4.98 Å². The smallest absolute Gasteiger partial charge is 0.253 e. The van der Waals surface area contributed by atoms with E-state index < -0.39 is 0 Å². The first-order chi connectivity index (χ1) is 14.2. The second-order valence-corrected chi connectivity index (χ2v) is 7.90. The number of imidazole rings is 1. The molecule has 6 heteroatoms. The van der Waals surface area contributed by atoms with Crippen LogP contribution >= 0.6 is 0 Å². The van der Waals surface area contributed by atoms with Gasteiger partial charge >= 0.3 is 0 Å². The van der Waals surface area contributed by atoms with E-state index in [1.54, 1.807) is 4.90 Å². The molecule has 0 saturated carbocycles. The first-order valence-corrected chi connectivity index (χ1v) is 10.3. The van der Waals surface area contributed by atoms with Gasteiger partial charge in [-0.1, -0.05) is 18.2 Å². The third-order valence-electron chi connectivity index (χ3n) is 6.05. The Kier molecular flexibility index (Phi) is 4.54. The Morgan fingerprint density at radius 3 is 2.62 bits per heavy atom. The van der Waals surface area contributed by atoms with Gasteiger partial charge < -0.3 is 14.8 Å². The van der Waals surface area contributed by atoms with Gasteiger partial charge in [0.25, 0.3) is 5.91 Å². The van der Waals surface area contributed by atoms with Crippen LogP contribution in [0.15, 0.2) is 48.5 Å². The highest BCUT2D eigenvalue weighted by Gasteiger charge is 2.27. The van der Waals surface area contributed by atoms with Crippen LogP contribution in [0.25, 0.3) is 11.0 Å². The molecule has 2 aliphatic heterocycles. The summed E-state index contributed by atoms with van der Waals surface area (Å²) in [5.74, 6) is 1.55. The number of H-pyrrole nitrogens is 1. The number of carbonyl (C=O) groups is 2. The average molecular weight is 388 g/mol. The topological polar surface area (TPSA) is 69.3 Å². The summed E-state index contributed by atoms with van der Waals surface area (Å²) in [7, 11) is 0. The van der Waals surface area contributed by atoms with Crippen molar-refractivity contribution >= 4 is 28.5 Å². The maximum absolute atomic E-state index is 13.0. The van der Waals surface area contributed by atoms with E-state index in [1.807, 2.05) is 53.4 Å². The lowest BCUT2D eigenvalue weighted by Gasteiger charge is -2.31. The Morgan fingerprint density at radius 1 is 1.03 bits per heavy atom. The number of likely N-dealkylation sites (tertiary alicyclic amines) is 1. The molecular weight excluding hydrogens is 364 g/mol. The molecule has 5 rings (SSSR count). The molecule has 2 amide bonds. The SMILES string of the molecule is O=C(c1cccc(N2CCCC2=O)c1)N1CCC(c2nc3ccccc3[nH]2)CC1. The van der Waals surface area contributed by atoms with Crippen LogP contribution in [-0.4, -0.2) is 46.3 Å². The number of aromatic amines is 1. The van der Waals surface area contributed by atoms with Gasteiger partial charge in [0.05, 0.1) is 11.0 Å². The number of fused-ring (bicyclic) bond motifs is 1. The van der Waals surface area contributed by atoms with E-state index in [0.717, 1.165) is 48.4 Å². The van der Waals surface area contributed by atoms with Gasteiger partial charge in [-0.25, -0.2) is 4.98 Å². The molecule has 29 heavy (non-hydrogen) atoms. The third kappa shape index (κ3) is 3.39. The van der Waals surface area contributed by atoms with Gasteiger partial charge in [0, 0.05) is 43.2 Å². The normalized spacial score (nSPS) is 18.0. The molecule has 0 bridgehead atoms. The number of carbonyl (C=O) groups excluding carboxylic acids is 2. The van der Waals surface area contributed by atoms with Crippen molar-refractivity contribution in [3.05, 3.63) is 59.9 Å². The van der Waals surface area contributed by atoms with Crippen LogP contribution in [0.2, 0.25) is 0 Å². The van der Waals surface area contributed by atoms with Crippen LogP contribution in [0.5, 0.6) is 0 Å². The van der Waals surface area contributed by atoms with Crippen molar-refractivity contribution in [3.8, 4) is 0 Å². The molecule has 1 aromatic heterocycles. The highest BCUT2D eigenvalue weighted by atomic mass is 16.2. The molecule has 148 valence electrons. The number of hydrogen-bond acceptors (Lipinski definition) is 3. The summed E-state index contributed by atoms with van der Waals surface area (Å²) in [5, 5.41) is 0. The molecule has 1 N–H and O–H groups in total. The van der Waals surface area contributed by atoms with Gasteiger partial charge in [-0.3, -0.25) is 9.59 Å². The quantitative estimate of drug-likeness (QED) is 0.744. The van der Waals surface area contributed by atoms with Crippen LogP contribution in [0.1, 0.15) is 47.8 Å². The van der Waals surface area contributed by atoms with Crippen molar-refractivity contribution in [2.45, 2.75) is 31.6 Å². The molecule has 3 heterocycles. The van der Waals surface area contributed by atoms with Crippen molar-refractivity contribution < 1.29 is 9.59 Å². The fourth-order valence-corrected chi connectivity index (χ4v) is 4.43. The lowest BCUT2D eigenvalue weighted by molar-refractivity contribution is -0.117. The van der Waals surface area contributed by atoms with Gasteiger partial charge in [-0.05, 0) is 49.6 Å². The lowest BCUT2D eigenvalue weighted by Crippen LogP contribution is -2.38. The summed E-state index contributed by atoms with van der Waals surface area (Å²) in [6.07, 6.45) is 3.27. The van der Waals surface area contributed by atoms with Crippen molar-refractivity contribution in [1.82, 2.24) is 14.9 Å². The fraction of sp³-hybridized carbons (Fsp3) is 0.348. The molecule has 0 spiro atoms. The summed E-state index contributed by atoms with van der Waals surface area (Å²) in [6.45, 7) is 2.17. The maximum atomic E-state index is 13.0. The van der Waals surface area contributed by atoms with Crippen molar-refractivity contribution in [1.29, 1.82) is 0 Å². The minimum atomic E-state index is 0.0431. The van der Waals surface area contributed by atoms with Crippen LogP contribution < -0.4 is 4.90 Å². The summed E-state index contributed by atoms with van der Waals surface area (Å²) < 4.78 is 0. The highest BCUT2D eigenvalue weighted by Crippen LogP contribution is 2.29. The molecule has 0 unspecified atom stereocenters. The minimum Gasteiger partial charge on any atom is -0.342 e. The zero-order chi connectivity index (χ0) is 19.8. The Bertz CT molecular complexity index is 1030. The molecule has 3 aromatic rings. The lowest BCUT2D eigenvalue weighted by atomic mass is 9.95. The van der Waals surface area contributed by atoms with Crippen LogP contribution in [-0.2, 0) is 4.79 Å². The van der Waals surface area contributed by atoms with E-state index in [0.29, 0.717) is 31.0 Å². The second kappa shape index (κ2) is 7.35. The number of amides is 2. The fourth-order valence-electron chi connectivity index (χ4n) is 4.43. The van der Waals surface area contributed by atoms with E-state index in [9.17, 15) is 9.59 Å². The predicted octanol–water partition coefficient (Wildman–Crippen LogP) is 3.71. The number of nitrogens with zero attached hydrogens (tertiary/aromatic N) is 3. The van der Waals surface area contributed by atoms with E-state index >= 15 is 0 Å². The second-order valence-electron chi connectivity index (χ2n) is 7.90. The zero-order valence-corrected chi connectivity index (χ0v) is 16.3. The molecule has 2 saturated heterocycles. The molecule has 2 aliphatic rings. The summed E-state index contributed by atoms with van der Waals surface area (Å²) in [5.41, 5.74) is 3.54. The Morgan fingerprint density at radius 2 is 1.86 bits per heavy atom. The predicted molar refractivity (Wildman–Crippen MR) is 112 cm³/mol. The summed E-state index contributed by atoms with van der Waals surface area (Å²) in [4.78, 5) is 36.9. The molecule has 0 atom stereocenters. The molecule has 0 aliphatic carbocycles. The van der Waals surface area contributed by atoms with Gasteiger partial charge in [0.15, 0.2) is 0 Å². The van der Waals surface area contributed by atoms with E-state index in [-0.39, 0.29) is 11.8 Å². The van der Waals surface area contributed by atoms with Gasteiger partial charge in [0.2, 0.25) is 5.91 Å². The maximum Gasteiger partial charge on any atom is 0.253 e. The Balaban J connectivity index is 1.27. The molecule has 2 aromatic carbocycles. The largest absolute Gasteiger partial charge is 0.342 e. The van der Waals surface area contributed by atoms with Crippen molar-refractivity contribution in [3.63, 3.8) is 0 Å². The standard InChI is InChI=1S/C23H24N4O2/c28-21-9-4-12-27(21)18-6-3-5-17(15-18)23(29)26-13-10-16(11-14-26)22-24-19-7-1-2-8-20(19)25-22/h1-3,5-8,15-16H,4,9-14H2,(H,24,25). The van der Waals surface area contributed by atoms with Crippen LogP contribution in [0.4, 0.5) is 5.69 Å². The number of rotatable bonds is 3. The van der Waals surface area contributed by atoms with E-state index in [1.165, 1.54) is 0 Å². The summed E-state index contributed by atoms with van der Waals surface area (Å²) >= 11 is 0. The van der Waals surface area contributed by atoms with Gasteiger partial charge in [0.1, 0.15) is 5.82 Å². The molecular formula is C23H24N4O2. The van der Waals surface area contributed by atoms with E-state index in [2.05, 4.69) is 4.98 Å². The van der Waals surface area contributed by atoms with Crippen molar-refractivity contribution in [2.75, 3.05) is 24.5 Å². The Hall–Kier alpha value is -3.15. The zero-order valence-electron chi connectivity index (χ0n) is 16.3. The average Bonchev–Trinajstić information content (AvgIpc) is 3.39. The van der Waals surface area contributed by atoms with Crippen LogP contribution in [0.3, 0.4) is 0 Å². The number of hydrogen-bond donors (Lipinski definition) is 1. The molecule has 2 fully saturated rings. The van der Waals surface area contributed by atoms with Gasteiger partial charge in [-0.15, -0.1) is 0 Å². The number of piperidine rings is 1. The third-order valence-corrected chi connectivity index (χ3v) is 6.05. The first-order valence-electron chi connectivity index (χ1n) is 10.3. The van der Waals surface area contributed by atoms with Crippen LogP contribution in [0, 0.1) is 0 Å².